The molecular weight excluding hydrogens is 771 g/mol. The molecule has 0 heterocycles. The number of anilines is 3. The zero-order valence-corrected chi connectivity index (χ0v) is 35.1. The third-order valence-corrected chi connectivity index (χ3v) is 13.9. The third-order valence-electron chi connectivity index (χ3n) is 13.9. The summed E-state index contributed by atoms with van der Waals surface area (Å²) in [4.78, 5) is 2.42. The van der Waals surface area contributed by atoms with Gasteiger partial charge in [0.15, 0.2) is 0 Å². The molecule has 0 saturated carbocycles. The average Bonchev–Trinajstić information content (AvgIpc) is 3.84. The minimum Gasteiger partial charge on any atom is -0.310 e. The van der Waals surface area contributed by atoms with Crippen LogP contribution in [-0.2, 0) is 5.41 Å². The average molecular weight is 812 g/mol. The van der Waals surface area contributed by atoms with Crippen LogP contribution in [0.5, 0.6) is 0 Å². The van der Waals surface area contributed by atoms with Crippen molar-refractivity contribution in [3.8, 4) is 55.6 Å². The monoisotopic (exact) mass is 811 g/mol. The van der Waals surface area contributed by atoms with E-state index in [-0.39, 0.29) is 5.41 Å². The number of hydrogen-bond donors (Lipinski definition) is 0. The zero-order valence-electron chi connectivity index (χ0n) is 35.1. The Bertz CT molecular complexity index is 3560. The van der Waals surface area contributed by atoms with E-state index in [0.717, 1.165) is 17.1 Å². The normalized spacial score (nSPS) is 12.8. The minimum absolute atomic E-state index is 0.384. The first-order chi connectivity index (χ1) is 31.7. The zero-order chi connectivity index (χ0) is 42.2. The van der Waals surface area contributed by atoms with Gasteiger partial charge in [0.2, 0.25) is 0 Å². The Labute approximate surface area is 373 Å². The summed E-state index contributed by atoms with van der Waals surface area (Å²) in [6, 6.07) is 92.0. The maximum Gasteiger partial charge on any atom is 0.0725 e. The molecule has 64 heavy (non-hydrogen) atoms. The molecule has 0 amide bonds. The second kappa shape index (κ2) is 14.4. The highest BCUT2D eigenvalue weighted by atomic mass is 15.1. The maximum absolute atomic E-state index is 2.44. The highest BCUT2D eigenvalue weighted by molar-refractivity contribution is 6.00. The molecule has 13 rings (SSSR count). The highest BCUT2D eigenvalue weighted by Crippen LogP contribution is 2.63. The van der Waals surface area contributed by atoms with Crippen LogP contribution in [0.25, 0.3) is 77.2 Å². The Morgan fingerprint density at radius 1 is 0.234 bits per heavy atom. The first-order valence-electron chi connectivity index (χ1n) is 22.2. The van der Waals surface area contributed by atoms with Crippen LogP contribution in [0.15, 0.2) is 249 Å². The fourth-order valence-electron chi connectivity index (χ4n) is 11.1. The smallest absolute Gasteiger partial charge is 0.0725 e. The molecule has 0 unspecified atom stereocenters. The third kappa shape index (κ3) is 5.44. The quantitative estimate of drug-likeness (QED) is 0.162. The van der Waals surface area contributed by atoms with E-state index < -0.39 is 0 Å². The van der Waals surface area contributed by atoms with E-state index >= 15 is 0 Å². The van der Waals surface area contributed by atoms with Crippen molar-refractivity contribution in [1.82, 2.24) is 0 Å². The van der Waals surface area contributed by atoms with E-state index in [0.29, 0.717) is 0 Å². The van der Waals surface area contributed by atoms with Crippen LogP contribution in [0.1, 0.15) is 22.3 Å². The van der Waals surface area contributed by atoms with E-state index in [4.69, 9.17) is 0 Å². The van der Waals surface area contributed by atoms with Crippen LogP contribution in [0, 0.1) is 0 Å². The van der Waals surface area contributed by atoms with Crippen LogP contribution in [0.4, 0.5) is 17.1 Å². The standard InChI is InChI=1S/C63H41N/c1-3-20-51-43(14-1)16-12-25-53(51)45-32-36-49(37-33-45)64(48-34-30-42(31-35-48)46-18-11-19-47(40-46)54-26-13-17-44-15-2-4-21-52(44)54)50-38-39-62-58(41-50)57-24-7-10-29-61(57)63(62)59-27-8-5-22-55(59)56-23-6-9-28-60(56)63/h1-41H. The predicted molar refractivity (Wildman–Crippen MR) is 269 cm³/mol. The lowest BCUT2D eigenvalue weighted by molar-refractivity contribution is 0.794. The lowest BCUT2D eigenvalue weighted by Gasteiger charge is -2.31. The summed E-state index contributed by atoms with van der Waals surface area (Å²) < 4.78 is 0. The van der Waals surface area contributed by atoms with E-state index in [1.165, 1.54) is 99.4 Å². The molecule has 0 saturated heterocycles. The highest BCUT2D eigenvalue weighted by Gasteiger charge is 2.51. The van der Waals surface area contributed by atoms with Gasteiger partial charge in [-0.25, -0.2) is 0 Å². The van der Waals surface area contributed by atoms with E-state index in [1.54, 1.807) is 0 Å². The van der Waals surface area contributed by atoms with E-state index in [2.05, 4.69) is 254 Å². The van der Waals surface area contributed by atoms with Crippen molar-refractivity contribution < 1.29 is 0 Å². The SMILES string of the molecule is c1cc(-c2ccc(N(c3ccc(-c4cccc5ccccc45)cc3)c3ccc4c(c3)-c3ccccc3C43c4ccccc4-c4ccccc43)cc2)cc(-c2cccc3ccccc23)c1. The minimum atomic E-state index is -0.384. The van der Waals surface area contributed by atoms with Gasteiger partial charge >= 0.3 is 0 Å². The van der Waals surface area contributed by atoms with Crippen LogP contribution >= 0.6 is 0 Å². The number of fused-ring (bicyclic) bond motifs is 12. The van der Waals surface area contributed by atoms with Crippen molar-refractivity contribution in [2.45, 2.75) is 5.41 Å². The van der Waals surface area contributed by atoms with Crippen molar-refractivity contribution in [2.75, 3.05) is 4.90 Å². The molecule has 0 atom stereocenters. The predicted octanol–water partition coefficient (Wildman–Crippen LogP) is 16.8. The Kier molecular flexibility index (Phi) is 8.20. The molecule has 11 aromatic carbocycles. The Balaban J connectivity index is 0.953. The van der Waals surface area contributed by atoms with Crippen molar-refractivity contribution in [3.05, 3.63) is 271 Å². The molecule has 298 valence electrons. The molecular formula is C63H41N. The lowest BCUT2D eigenvalue weighted by Crippen LogP contribution is -2.25. The van der Waals surface area contributed by atoms with Crippen LogP contribution < -0.4 is 4.90 Å². The second-order valence-electron chi connectivity index (χ2n) is 17.2. The molecule has 0 aromatic heterocycles. The summed E-state index contributed by atoms with van der Waals surface area (Å²) in [7, 11) is 0. The number of rotatable bonds is 6. The molecule has 1 heteroatoms. The van der Waals surface area contributed by atoms with Gasteiger partial charge in [-0.05, 0) is 142 Å². The van der Waals surface area contributed by atoms with Gasteiger partial charge in [-0.3, -0.25) is 0 Å². The number of nitrogens with zero attached hydrogens (tertiary/aromatic N) is 1. The summed E-state index contributed by atoms with van der Waals surface area (Å²) in [5.41, 5.74) is 20.8. The molecule has 2 aliphatic carbocycles. The fourth-order valence-corrected chi connectivity index (χ4v) is 11.1. The fraction of sp³-hybridized carbons (Fsp3) is 0.0159. The van der Waals surface area contributed by atoms with Gasteiger partial charge in [0.1, 0.15) is 0 Å². The van der Waals surface area contributed by atoms with Crippen LogP contribution in [0.2, 0.25) is 0 Å². The molecule has 11 aromatic rings. The van der Waals surface area contributed by atoms with Gasteiger partial charge in [-0.15, -0.1) is 0 Å². The summed E-state index contributed by atoms with van der Waals surface area (Å²) in [6.45, 7) is 0. The van der Waals surface area contributed by atoms with Crippen molar-refractivity contribution in [3.63, 3.8) is 0 Å². The number of hydrogen-bond acceptors (Lipinski definition) is 1. The Morgan fingerprint density at radius 3 is 1.23 bits per heavy atom. The van der Waals surface area contributed by atoms with Crippen molar-refractivity contribution in [1.29, 1.82) is 0 Å². The lowest BCUT2D eigenvalue weighted by atomic mass is 9.70. The van der Waals surface area contributed by atoms with Gasteiger partial charge in [0.25, 0.3) is 0 Å². The molecule has 1 spiro atoms. The summed E-state index contributed by atoms with van der Waals surface area (Å²) >= 11 is 0. The van der Waals surface area contributed by atoms with Gasteiger partial charge in [-0.2, -0.15) is 0 Å². The Morgan fingerprint density at radius 2 is 0.641 bits per heavy atom. The summed E-state index contributed by atoms with van der Waals surface area (Å²) in [5.74, 6) is 0. The van der Waals surface area contributed by atoms with E-state index in [9.17, 15) is 0 Å². The number of benzene rings is 11. The van der Waals surface area contributed by atoms with Gasteiger partial charge in [0.05, 0.1) is 5.41 Å². The Hall–Kier alpha value is -8.26. The van der Waals surface area contributed by atoms with Gasteiger partial charge in [-0.1, -0.05) is 206 Å². The molecule has 0 fully saturated rings. The molecule has 0 aliphatic heterocycles. The first-order valence-corrected chi connectivity index (χ1v) is 22.2. The van der Waals surface area contributed by atoms with Gasteiger partial charge in [0, 0.05) is 17.1 Å². The van der Waals surface area contributed by atoms with Crippen LogP contribution in [-0.4, -0.2) is 0 Å². The van der Waals surface area contributed by atoms with E-state index in [1.807, 2.05) is 0 Å². The topological polar surface area (TPSA) is 3.24 Å². The maximum atomic E-state index is 2.44. The first kappa shape index (κ1) is 36.4. The van der Waals surface area contributed by atoms with Crippen molar-refractivity contribution in [2.24, 2.45) is 0 Å². The molecule has 0 bridgehead atoms. The largest absolute Gasteiger partial charge is 0.310 e. The second-order valence-corrected chi connectivity index (χ2v) is 17.2. The van der Waals surface area contributed by atoms with Crippen molar-refractivity contribution >= 4 is 38.6 Å². The summed E-state index contributed by atoms with van der Waals surface area (Å²) in [5, 5.41) is 5.03. The van der Waals surface area contributed by atoms with Gasteiger partial charge < -0.3 is 4.90 Å². The molecule has 1 nitrogen and oxygen atoms in total. The molecule has 0 N–H and O–H groups in total. The van der Waals surface area contributed by atoms with Crippen LogP contribution in [0.3, 0.4) is 0 Å². The molecule has 2 aliphatic rings. The molecule has 0 radical (unpaired) electrons. The summed E-state index contributed by atoms with van der Waals surface area (Å²) in [6.07, 6.45) is 0.